The molecule has 162 valence electrons. The van der Waals surface area contributed by atoms with Crippen LogP contribution in [0.3, 0.4) is 0 Å². The zero-order valence-electron chi connectivity index (χ0n) is 17.8. The number of aliphatic imine (C=N–C) groups is 1. The van der Waals surface area contributed by atoms with Crippen LogP contribution in [0.15, 0.2) is 52.1 Å². The molecule has 4 heterocycles. The normalized spacial score (nSPS) is 20.5. The van der Waals surface area contributed by atoms with Gasteiger partial charge >= 0.3 is 0 Å². The SMILES string of the molecule is Cc1nc2n(n1)CC(NC(=NCCc1ccco1)NC1CCOc3ccccc31)CC2. The van der Waals surface area contributed by atoms with Gasteiger partial charge in [-0.25, -0.2) is 9.67 Å². The molecule has 8 nitrogen and oxygen atoms in total. The van der Waals surface area contributed by atoms with Crippen LogP contribution in [-0.2, 0) is 19.4 Å². The Labute approximate surface area is 181 Å². The fourth-order valence-electron chi connectivity index (χ4n) is 4.27. The predicted molar refractivity (Wildman–Crippen MR) is 117 cm³/mol. The third-order valence-corrected chi connectivity index (χ3v) is 5.78. The number of para-hydroxylation sites is 1. The first-order valence-electron chi connectivity index (χ1n) is 11.0. The molecule has 0 fully saturated rings. The van der Waals surface area contributed by atoms with Gasteiger partial charge in [0.25, 0.3) is 0 Å². The molecule has 31 heavy (non-hydrogen) atoms. The fraction of sp³-hybridized carbons (Fsp3) is 0.435. The first-order valence-corrected chi connectivity index (χ1v) is 11.0. The van der Waals surface area contributed by atoms with E-state index in [-0.39, 0.29) is 12.1 Å². The van der Waals surface area contributed by atoms with Crippen molar-refractivity contribution < 1.29 is 9.15 Å². The molecule has 2 unspecified atom stereocenters. The second-order valence-corrected chi connectivity index (χ2v) is 8.07. The molecule has 8 heteroatoms. The number of rotatable bonds is 5. The van der Waals surface area contributed by atoms with Gasteiger partial charge in [-0.15, -0.1) is 0 Å². The van der Waals surface area contributed by atoms with Crippen molar-refractivity contribution >= 4 is 5.96 Å². The summed E-state index contributed by atoms with van der Waals surface area (Å²) in [5, 5.41) is 11.8. The lowest BCUT2D eigenvalue weighted by atomic mass is 10.0. The molecule has 0 aliphatic carbocycles. The third kappa shape index (κ3) is 4.57. The molecule has 0 bridgehead atoms. The standard InChI is InChI=1S/C23H28N6O2/c1-16-25-22-9-8-17(15-29(22)28-16)26-23(24-12-10-18-5-4-13-30-18)27-20-11-14-31-21-7-3-2-6-19(20)21/h2-7,13,17,20H,8-12,14-15H2,1H3,(H2,24,26,27). The minimum absolute atomic E-state index is 0.160. The molecule has 0 saturated carbocycles. The van der Waals surface area contributed by atoms with E-state index in [1.165, 1.54) is 5.56 Å². The Morgan fingerprint density at radius 2 is 2.13 bits per heavy atom. The average molecular weight is 421 g/mol. The topological polar surface area (TPSA) is 89.5 Å². The second kappa shape index (κ2) is 8.83. The van der Waals surface area contributed by atoms with Crippen molar-refractivity contribution in [3.63, 3.8) is 0 Å². The third-order valence-electron chi connectivity index (χ3n) is 5.78. The molecule has 2 aliphatic heterocycles. The minimum atomic E-state index is 0.160. The van der Waals surface area contributed by atoms with Crippen LogP contribution >= 0.6 is 0 Å². The summed E-state index contributed by atoms with van der Waals surface area (Å²) in [6.45, 7) is 4.08. The van der Waals surface area contributed by atoms with E-state index >= 15 is 0 Å². The smallest absolute Gasteiger partial charge is 0.192 e. The van der Waals surface area contributed by atoms with Crippen LogP contribution in [0, 0.1) is 6.92 Å². The van der Waals surface area contributed by atoms with Crippen molar-refractivity contribution in [2.75, 3.05) is 13.2 Å². The van der Waals surface area contributed by atoms with Crippen LogP contribution in [0.1, 0.15) is 41.9 Å². The van der Waals surface area contributed by atoms with E-state index in [9.17, 15) is 0 Å². The average Bonchev–Trinajstić information content (AvgIpc) is 3.42. The van der Waals surface area contributed by atoms with Crippen LogP contribution in [-0.4, -0.2) is 39.9 Å². The van der Waals surface area contributed by atoms with Crippen LogP contribution in [0.5, 0.6) is 5.75 Å². The fourth-order valence-corrected chi connectivity index (χ4v) is 4.27. The summed E-state index contributed by atoms with van der Waals surface area (Å²) in [6.07, 6.45) is 5.28. The highest BCUT2D eigenvalue weighted by Crippen LogP contribution is 2.31. The van der Waals surface area contributed by atoms with Crippen LogP contribution in [0.4, 0.5) is 0 Å². The summed E-state index contributed by atoms with van der Waals surface area (Å²) in [5.74, 6) is 4.61. The number of benzene rings is 1. The van der Waals surface area contributed by atoms with Crippen molar-refractivity contribution in [1.29, 1.82) is 0 Å². The van der Waals surface area contributed by atoms with E-state index in [1.54, 1.807) is 6.26 Å². The number of guanidine groups is 1. The lowest BCUT2D eigenvalue weighted by Gasteiger charge is -2.30. The van der Waals surface area contributed by atoms with Gasteiger partial charge in [0, 0.05) is 37.4 Å². The largest absolute Gasteiger partial charge is 0.493 e. The molecular formula is C23H28N6O2. The van der Waals surface area contributed by atoms with Gasteiger partial charge in [0.1, 0.15) is 23.2 Å². The molecular weight excluding hydrogens is 392 g/mol. The van der Waals surface area contributed by atoms with Crippen molar-refractivity contribution in [3.8, 4) is 5.75 Å². The Morgan fingerprint density at radius 3 is 3.03 bits per heavy atom. The first-order chi connectivity index (χ1) is 15.2. The monoisotopic (exact) mass is 420 g/mol. The number of hydrogen-bond acceptors (Lipinski definition) is 5. The Hall–Kier alpha value is -3.29. The number of hydrogen-bond donors (Lipinski definition) is 2. The first kappa shape index (κ1) is 19.7. The molecule has 2 atom stereocenters. The van der Waals surface area contributed by atoms with Gasteiger partial charge in [-0.2, -0.15) is 5.10 Å². The van der Waals surface area contributed by atoms with Crippen LogP contribution in [0.2, 0.25) is 0 Å². The lowest BCUT2D eigenvalue weighted by Crippen LogP contribution is -2.48. The zero-order chi connectivity index (χ0) is 21.0. The molecule has 2 aliphatic rings. The summed E-state index contributed by atoms with van der Waals surface area (Å²) < 4.78 is 13.3. The van der Waals surface area contributed by atoms with E-state index < -0.39 is 0 Å². The highest BCUT2D eigenvalue weighted by molar-refractivity contribution is 5.80. The molecule has 0 amide bonds. The summed E-state index contributed by atoms with van der Waals surface area (Å²) in [4.78, 5) is 9.38. The van der Waals surface area contributed by atoms with Crippen molar-refractivity contribution in [2.24, 2.45) is 4.99 Å². The Balaban J connectivity index is 1.31. The summed E-state index contributed by atoms with van der Waals surface area (Å²) in [7, 11) is 0. The molecule has 3 aromatic rings. The van der Waals surface area contributed by atoms with Gasteiger partial charge in [0.05, 0.1) is 25.5 Å². The van der Waals surface area contributed by atoms with Gasteiger partial charge in [-0.1, -0.05) is 18.2 Å². The zero-order valence-corrected chi connectivity index (χ0v) is 17.8. The van der Waals surface area contributed by atoms with Crippen molar-refractivity contribution in [3.05, 3.63) is 65.6 Å². The number of ether oxygens (including phenoxy) is 1. The van der Waals surface area contributed by atoms with E-state index in [4.69, 9.17) is 14.1 Å². The highest BCUT2D eigenvalue weighted by Gasteiger charge is 2.25. The van der Waals surface area contributed by atoms with E-state index in [0.717, 1.165) is 61.3 Å². The van der Waals surface area contributed by atoms with E-state index in [1.807, 2.05) is 35.9 Å². The van der Waals surface area contributed by atoms with Crippen molar-refractivity contribution in [1.82, 2.24) is 25.4 Å². The molecule has 0 spiro atoms. The molecule has 1 aromatic carbocycles. The maximum absolute atomic E-state index is 5.83. The van der Waals surface area contributed by atoms with Crippen LogP contribution < -0.4 is 15.4 Å². The number of nitrogens with one attached hydrogen (secondary N) is 2. The van der Waals surface area contributed by atoms with Crippen molar-refractivity contribution in [2.45, 2.75) is 51.2 Å². The molecule has 0 saturated heterocycles. The number of nitrogens with zero attached hydrogens (tertiary/aromatic N) is 4. The maximum atomic E-state index is 5.83. The summed E-state index contributed by atoms with van der Waals surface area (Å²) in [5.41, 5.74) is 1.17. The maximum Gasteiger partial charge on any atom is 0.192 e. The number of furan rings is 1. The quantitative estimate of drug-likeness (QED) is 0.487. The lowest BCUT2D eigenvalue weighted by molar-refractivity contribution is 0.261. The van der Waals surface area contributed by atoms with Gasteiger partial charge in [0.15, 0.2) is 5.96 Å². The molecule has 5 rings (SSSR count). The van der Waals surface area contributed by atoms with Crippen LogP contribution in [0.25, 0.3) is 0 Å². The second-order valence-electron chi connectivity index (χ2n) is 8.07. The molecule has 2 aromatic heterocycles. The summed E-state index contributed by atoms with van der Waals surface area (Å²) >= 11 is 0. The van der Waals surface area contributed by atoms with Gasteiger partial charge in [-0.3, -0.25) is 4.99 Å². The minimum Gasteiger partial charge on any atom is -0.493 e. The summed E-state index contributed by atoms with van der Waals surface area (Å²) in [6, 6.07) is 12.5. The molecule has 2 N–H and O–H groups in total. The van der Waals surface area contributed by atoms with Gasteiger partial charge < -0.3 is 19.8 Å². The number of aryl methyl sites for hydroxylation is 2. The Bertz CT molecular complexity index is 1040. The highest BCUT2D eigenvalue weighted by atomic mass is 16.5. The molecule has 0 radical (unpaired) electrons. The number of fused-ring (bicyclic) bond motifs is 2. The Kier molecular flexibility index (Phi) is 5.60. The van der Waals surface area contributed by atoms with Gasteiger partial charge in [-0.05, 0) is 31.5 Å². The number of aromatic nitrogens is 3. The van der Waals surface area contributed by atoms with E-state index in [0.29, 0.717) is 13.2 Å². The van der Waals surface area contributed by atoms with Gasteiger partial charge in [0.2, 0.25) is 0 Å². The van der Waals surface area contributed by atoms with E-state index in [2.05, 4.69) is 32.8 Å². The predicted octanol–water partition coefficient (Wildman–Crippen LogP) is 2.80. The Morgan fingerprint density at radius 1 is 1.19 bits per heavy atom.